The van der Waals surface area contributed by atoms with Crippen LogP contribution in [0.25, 0.3) is 0 Å². The minimum Gasteiger partial charge on any atom is -0.483 e. The van der Waals surface area contributed by atoms with E-state index in [1.807, 2.05) is 68.4 Å². The Morgan fingerprint density at radius 2 is 1.96 bits per heavy atom. The summed E-state index contributed by atoms with van der Waals surface area (Å²) in [5.41, 5.74) is 5.57. The standard InChI is InChI=1S/C18H20BrN3O2/c1-13-4-9-17(16(19)10-13)24-12-18(23)21-20-11-14-5-7-15(8-6-14)22(2)3/h4-11H,12H2,1-3H3,(H,21,23). The zero-order valence-corrected chi connectivity index (χ0v) is 15.5. The van der Waals surface area contributed by atoms with Crippen molar-refractivity contribution in [2.24, 2.45) is 5.10 Å². The van der Waals surface area contributed by atoms with Crippen LogP contribution in [0.2, 0.25) is 0 Å². The second-order valence-electron chi connectivity index (χ2n) is 5.50. The van der Waals surface area contributed by atoms with Crippen molar-refractivity contribution in [3.05, 3.63) is 58.1 Å². The number of amides is 1. The first kappa shape index (κ1) is 18.0. The van der Waals surface area contributed by atoms with Gasteiger partial charge in [-0.1, -0.05) is 18.2 Å². The molecule has 0 aromatic heterocycles. The minimum absolute atomic E-state index is 0.0986. The summed E-state index contributed by atoms with van der Waals surface area (Å²) < 4.78 is 6.28. The van der Waals surface area contributed by atoms with Crippen molar-refractivity contribution in [2.45, 2.75) is 6.92 Å². The van der Waals surface area contributed by atoms with Gasteiger partial charge in [-0.25, -0.2) is 5.43 Å². The van der Waals surface area contributed by atoms with Crippen molar-refractivity contribution in [2.75, 3.05) is 25.6 Å². The van der Waals surface area contributed by atoms with Crippen LogP contribution in [0.1, 0.15) is 11.1 Å². The van der Waals surface area contributed by atoms with Crippen molar-refractivity contribution in [1.29, 1.82) is 0 Å². The summed E-state index contributed by atoms with van der Waals surface area (Å²) in [7, 11) is 3.96. The lowest BCUT2D eigenvalue weighted by atomic mass is 10.2. The summed E-state index contributed by atoms with van der Waals surface area (Å²) in [6.07, 6.45) is 1.60. The van der Waals surface area contributed by atoms with Crippen LogP contribution in [-0.2, 0) is 4.79 Å². The van der Waals surface area contributed by atoms with E-state index in [-0.39, 0.29) is 12.5 Å². The van der Waals surface area contributed by atoms with Crippen LogP contribution in [0.15, 0.2) is 52.0 Å². The van der Waals surface area contributed by atoms with Crippen LogP contribution >= 0.6 is 15.9 Å². The number of hydrogen-bond acceptors (Lipinski definition) is 4. The third-order valence-electron chi connectivity index (χ3n) is 3.26. The first-order valence-corrected chi connectivity index (χ1v) is 8.23. The Bertz CT molecular complexity index is 728. The van der Waals surface area contributed by atoms with Gasteiger partial charge in [-0.3, -0.25) is 4.79 Å². The lowest BCUT2D eigenvalue weighted by Gasteiger charge is -2.11. The minimum atomic E-state index is -0.316. The van der Waals surface area contributed by atoms with Crippen molar-refractivity contribution >= 4 is 33.7 Å². The van der Waals surface area contributed by atoms with Crippen LogP contribution in [0.3, 0.4) is 0 Å². The largest absolute Gasteiger partial charge is 0.483 e. The lowest BCUT2D eigenvalue weighted by Crippen LogP contribution is -2.24. The summed E-state index contributed by atoms with van der Waals surface area (Å²) in [6, 6.07) is 13.5. The van der Waals surface area contributed by atoms with Gasteiger partial charge in [-0.05, 0) is 58.2 Å². The van der Waals surface area contributed by atoms with Crippen LogP contribution < -0.4 is 15.1 Å². The maximum Gasteiger partial charge on any atom is 0.277 e. The predicted octanol–water partition coefficient (Wildman–Crippen LogP) is 3.35. The molecule has 2 rings (SSSR count). The Morgan fingerprint density at radius 1 is 1.25 bits per heavy atom. The Labute approximate surface area is 150 Å². The number of carbonyl (C=O) groups excluding carboxylic acids is 1. The molecule has 0 bridgehead atoms. The third kappa shape index (κ3) is 5.38. The molecule has 5 nitrogen and oxygen atoms in total. The molecule has 2 aromatic carbocycles. The summed E-state index contributed by atoms with van der Waals surface area (Å²) in [4.78, 5) is 13.8. The number of carbonyl (C=O) groups is 1. The molecular formula is C18H20BrN3O2. The molecule has 0 aliphatic carbocycles. The molecule has 24 heavy (non-hydrogen) atoms. The lowest BCUT2D eigenvalue weighted by molar-refractivity contribution is -0.123. The van der Waals surface area contributed by atoms with E-state index in [9.17, 15) is 4.79 Å². The number of nitrogens with one attached hydrogen (secondary N) is 1. The highest BCUT2D eigenvalue weighted by Gasteiger charge is 2.05. The van der Waals surface area contributed by atoms with E-state index in [1.165, 1.54) is 0 Å². The Balaban J connectivity index is 1.82. The first-order chi connectivity index (χ1) is 11.5. The smallest absolute Gasteiger partial charge is 0.277 e. The van der Waals surface area contributed by atoms with E-state index >= 15 is 0 Å². The fourth-order valence-corrected chi connectivity index (χ4v) is 2.54. The van der Waals surface area contributed by atoms with Crippen LogP contribution in [0, 0.1) is 6.92 Å². The van der Waals surface area contributed by atoms with Gasteiger partial charge < -0.3 is 9.64 Å². The highest BCUT2D eigenvalue weighted by molar-refractivity contribution is 9.10. The van der Waals surface area contributed by atoms with Gasteiger partial charge in [0.25, 0.3) is 5.91 Å². The van der Waals surface area contributed by atoms with E-state index in [0.717, 1.165) is 21.3 Å². The molecule has 1 amide bonds. The molecular weight excluding hydrogens is 370 g/mol. The second kappa shape index (κ2) is 8.49. The molecule has 1 N–H and O–H groups in total. The molecule has 0 aliphatic rings. The SMILES string of the molecule is Cc1ccc(OCC(=O)NN=Cc2ccc(N(C)C)cc2)c(Br)c1. The van der Waals surface area contributed by atoms with Gasteiger partial charge in [0.1, 0.15) is 5.75 Å². The van der Waals surface area contributed by atoms with Gasteiger partial charge in [0.15, 0.2) is 6.61 Å². The molecule has 0 atom stereocenters. The van der Waals surface area contributed by atoms with Gasteiger partial charge in [0.2, 0.25) is 0 Å². The van der Waals surface area contributed by atoms with E-state index < -0.39 is 0 Å². The van der Waals surface area contributed by atoms with Gasteiger partial charge in [-0.2, -0.15) is 5.10 Å². The molecule has 126 valence electrons. The Kier molecular flexibility index (Phi) is 6.37. The van der Waals surface area contributed by atoms with Gasteiger partial charge in [0, 0.05) is 19.8 Å². The maximum atomic E-state index is 11.8. The van der Waals surface area contributed by atoms with Crippen molar-refractivity contribution in [1.82, 2.24) is 5.43 Å². The molecule has 0 fully saturated rings. The molecule has 0 spiro atoms. The van der Waals surface area contributed by atoms with Crippen molar-refractivity contribution in [3.63, 3.8) is 0 Å². The number of hydrogen-bond donors (Lipinski definition) is 1. The fraction of sp³-hybridized carbons (Fsp3) is 0.222. The Morgan fingerprint density at radius 3 is 2.58 bits per heavy atom. The molecule has 2 aromatic rings. The first-order valence-electron chi connectivity index (χ1n) is 7.44. The number of halogens is 1. The van der Waals surface area contributed by atoms with Gasteiger partial charge in [-0.15, -0.1) is 0 Å². The summed E-state index contributed by atoms with van der Waals surface area (Å²) in [5, 5.41) is 3.94. The average molecular weight is 390 g/mol. The normalized spacial score (nSPS) is 10.7. The van der Waals surface area contributed by atoms with E-state index in [0.29, 0.717) is 5.75 Å². The number of anilines is 1. The van der Waals surface area contributed by atoms with Crippen molar-refractivity contribution < 1.29 is 9.53 Å². The van der Waals surface area contributed by atoms with Crippen LogP contribution in [0.5, 0.6) is 5.75 Å². The van der Waals surface area contributed by atoms with E-state index in [1.54, 1.807) is 6.21 Å². The Hall–Kier alpha value is -2.34. The van der Waals surface area contributed by atoms with E-state index in [2.05, 4.69) is 26.5 Å². The number of nitrogens with zero attached hydrogens (tertiary/aromatic N) is 2. The second-order valence-corrected chi connectivity index (χ2v) is 6.36. The zero-order valence-electron chi connectivity index (χ0n) is 13.9. The molecule has 0 unspecified atom stereocenters. The molecule has 0 radical (unpaired) electrons. The molecule has 0 saturated heterocycles. The topological polar surface area (TPSA) is 53.9 Å². The fourth-order valence-electron chi connectivity index (χ4n) is 1.94. The number of benzene rings is 2. The highest BCUT2D eigenvalue weighted by Crippen LogP contribution is 2.25. The zero-order chi connectivity index (χ0) is 17.5. The number of rotatable bonds is 6. The summed E-state index contributed by atoms with van der Waals surface area (Å²) in [6.45, 7) is 1.89. The van der Waals surface area contributed by atoms with Gasteiger partial charge >= 0.3 is 0 Å². The number of hydrazone groups is 1. The van der Waals surface area contributed by atoms with Crippen LogP contribution in [0.4, 0.5) is 5.69 Å². The number of ether oxygens (including phenoxy) is 1. The van der Waals surface area contributed by atoms with E-state index in [4.69, 9.17) is 4.74 Å². The molecule has 6 heteroatoms. The number of aryl methyl sites for hydroxylation is 1. The molecule has 0 heterocycles. The van der Waals surface area contributed by atoms with Gasteiger partial charge in [0.05, 0.1) is 10.7 Å². The monoisotopic (exact) mass is 389 g/mol. The average Bonchev–Trinajstić information content (AvgIpc) is 2.54. The summed E-state index contributed by atoms with van der Waals surface area (Å²) >= 11 is 3.41. The molecule has 0 saturated carbocycles. The third-order valence-corrected chi connectivity index (χ3v) is 3.88. The highest BCUT2D eigenvalue weighted by atomic mass is 79.9. The molecule has 0 aliphatic heterocycles. The van der Waals surface area contributed by atoms with Crippen molar-refractivity contribution in [3.8, 4) is 5.75 Å². The summed E-state index contributed by atoms with van der Waals surface area (Å²) in [5.74, 6) is 0.308. The quantitative estimate of drug-likeness (QED) is 0.608. The predicted molar refractivity (Wildman–Crippen MR) is 101 cm³/mol. The maximum absolute atomic E-state index is 11.8. The van der Waals surface area contributed by atoms with Crippen LogP contribution in [-0.4, -0.2) is 32.8 Å².